The largest absolute Gasteiger partial charge is 0.494 e. The molecule has 0 N–H and O–H groups in total. The van der Waals surface area contributed by atoms with Crippen molar-refractivity contribution in [3.8, 4) is 11.5 Å². The molecule has 1 aromatic carbocycles. The van der Waals surface area contributed by atoms with E-state index in [1.54, 1.807) is 18.0 Å². The van der Waals surface area contributed by atoms with Gasteiger partial charge in [-0.05, 0) is 43.3 Å². The Morgan fingerprint density at radius 3 is 2.42 bits per heavy atom. The van der Waals surface area contributed by atoms with Crippen LogP contribution in [0.4, 0.5) is 0 Å². The van der Waals surface area contributed by atoms with E-state index in [2.05, 4.69) is 0 Å². The molecule has 3 nitrogen and oxygen atoms in total. The van der Waals surface area contributed by atoms with Crippen molar-refractivity contribution in [1.29, 1.82) is 0 Å². The molecule has 1 aromatic heterocycles. The maximum Gasteiger partial charge on any atom is 0.119 e. The molecule has 102 valence electrons. The van der Waals surface area contributed by atoms with Crippen molar-refractivity contribution in [2.24, 2.45) is 0 Å². The van der Waals surface area contributed by atoms with E-state index < -0.39 is 0 Å². The van der Waals surface area contributed by atoms with Crippen LogP contribution in [0.3, 0.4) is 0 Å². The van der Waals surface area contributed by atoms with Gasteiger partial charge < -0.3 is 13.9 Å². The van der Waals surface area contributed by atoms with Crippen molar-refractivity contribution in [1.82, 2.24) is 0 Å². The zero-order valence-corrected chi connectivity index (χ0v) is 11.8. The smallest absolute Gasteiger partial charge is 0.119 e. The average Bonchev–Trinajstić information content (AvgIpc) is 2.94. The van der Waals surface area contributed by atoms with Crippen molar-refractivity contribution in [3.05, 3.63) is 48.4 Å². The van der Waals surface area contributed by atoms with Crippen molar-refractivity contribution in [2.75, 3.05) is 19.0 Å². The van der Waals surface area contributed by atoms with Crippen LogP contribution in [0.1, 0.15) is 12.7 Å². The number of thioether (sulfide) groups is 1. The molecule has 0 unspecified atom stereocenters. The zero-order valence-electron chi connectivity index (χ0n) is 11.0. The third-order valence-electron chi connectivity index (χ3n) is 2.46. The van der Waals surface area contributed by atoms with Gasteiger partial charge in [-0.3, -0.25) is 0 Å². The minimum absolute atomic E-state index is 0.684. The number of ether oxygens (including phenoxy) is 2. The van der Waals surface area contributed by atoms with Crippen LogP contribution in [0.25, 0.3) is 0 Å². The van der Waals surface area contributed by atoms with Crippen molar-refractivity contribution in [2.45, 2.75) is 12.7 Å². The van der Waals surface area contributed by atoms with E-state index in [0.717, 1.165) is 28.8 Å². The highest BCUT2D eigenvalue weighted by molar-refractivity contribution is 7.98. The Morgan fingerprint density at radius 1 is 1.05 bits per heavy atom. The van der Waals surface area contributed by atoms with Crippen LogP contribution in [-0.2, 0) is 5.75 Å². The quantitative estimate of drug-likeness (QED) is 0.683. The molecule has 2 rings (SSSR count). The molecule has 2 aromatic rings. The van der Waals surface area contributed by atoms with Crippen LogP contribution in [0.15, 0.2) is 47.1 Å². The molecule has 1 heterocycles. The maximum absolute atomic E-state index is 5.65. The summed E-state index contributed by atoms with van der Waals surface area (Å²) in [6.45, 7) is 3.35. The molecule has 19 heavy (non-hydrogen) atoms. The van der Waals surface area contributed by atoms with Gasteiger partial charge in [0.25, 0.3) is 0 Å². The summed E-state index contributed by atoms with van der Waals surface area (Å²) in [5.41, 5.74) is 0. The van der Waals surface area contributed by atoms with Gasteiger partial charge >= 0.3 is 0 Å². The van der Waals surface area contributed by atoms with E-state index >= 15 is 0 Å². The fraction of sp³-hybridized carbons (Fsp3) is 0.333. The highest BCUT2D eigenvalue weighted by atomic mass is 32.2. The maximum atomic E-state index is 5.65. The van der Waals surface area contributed by atoms with E-state index in [1.807, 2.05) is 43.3 Å². The summed E-state index contributed by atoms with van der Waals surface area (Å²) in [5, 5.41) is 0. The van der Waals surface area contributed by atoms with Gasteiger partial charge in [0, 0.05) is 5.75 Å². The monoisotopic (exact) mass is 278 g/mol. The molecular weight excluding hydrogens is 260 g/mol. The van der Waals surface area contributed by atoms with E-state index in [-0.39, 0.29) is 0 Å². The number of furan rings is 1. The van der Waals surface area contributed by atoms with Gasteiger partial charge in [0.1, 0.15) is 17.3 Å². The van der Waals surface area contributed by atoms with Crippen LogP contribution in [-0.4, -0.2) is 19.0 Å². The third kappa shape index (κ3) is 4.91. The molecule has 0 fully saturated rings. The predicted octanol–water partition coefficient (Wildman–Crippen LogP) is 3.99. The Hall–Kier alpha value is -1.55. The van der Waals surface area contributed by atoms with Crippen LogP contribution in [0.2, 0.25) is 0 Å². The van der Waals surface area contributed by atoms with E-state index in [1.165, 1.54) is 0 Å². The zero-order chi connectivity index (χ0) is 13.3. The van der Waals surface area contributed by atoms with Crippen molar-refractivity contribution in [3.63, 3.8) is 0 Å². The first kappa shape index (κ1) is 13.9. The highest BCUT2D eigenvalue weighted by Gasteiger charge is 1.98. The molecular formula is C15H18O3S. The molecule has 0 aliphatic carbocycles. The van der Waals surface area contributed by atoms with Gasteiger partial charge in [0.2, 0.25) is 0 Å². The second-order valence-corrected chi connectivity index (χ2v) is 4.99. The predicted molar refractivity (Wildman–Crippen MR) is 78.0 cm³/mol. The molecule has 0 spiro atoms. The first-order valence-corrected chi connectivity index (χ1v) is 7.49. The summed E-state index contributed by atoms with van der Waals surface area (Å²) in [6.07, 6.45) is 1.70. The summed E-state index contributed by atoms with van der Waals surface area (Å²) in [5.74, 6) is 4.59. The van der Waals surface area contributed by atoms with Crippen molar-refractivity contribution >= 4 is 11.8 Å². The van der Waals surface area contributed by atoms with Gasteiger partial charge in [-0.2, -0.15) is 11.8 Å². The summed E-state index contributed by atoms with van der Waals surface area (Å²) < 4.78 is 16.3. The Balaban J connectivity index is 1.62. The fourth-order valence-electron chi connectivity index (χ4n) is 1.58. The van der Waals surface area contributed by atoms with Gasteiger partial charge in [-0.25, -0.2) is 0 Å². The first-order valence-electron chi connectivity index (χ1n) is 6.34. The van der Waals surface area contributed by atoms with Gasteiger partial charge in [-0.1, -0.05) is 0 Å². The van der Waals surface area contributed by atoms with Crippen LogP contribution in [0, 0.1) is 0 Å². The standard InChI is InChI=1S/C15H18O3S/c1-2-16-13-5-7-14(8-6-13)18-10-11-19-12-15-4-3-9-17-15/h3-9H,2,10-12H2,1H3. The Labute approximate surface area is 117 Å². The normalized spacial score (nSPS) is 10.4. The molecule has 0 bridgehead atoms. The molecule has 0 atom stereocenters. The van der Waals surface area contributed by atoms with Crippen LogP contribution >= 0.6 is 11.8 Å². The minimum Gasteiger partial charge on any atom is -0.494 e. The highest BCUT2D eigenvalue weighted by Crippen LogP contribution is 2.18. The van der Waals surface area contributed by atoms with Crippen LogP contribution in [0.5, 0.6) is 11.5 Å². The topological polar surface area (TPSA) is 31.6 Å². The molecule has 0 aliphatic heterocycles. The van der Waals surface area contributed by atoms with E-state index in [4.69, 9.17) is 13.9 Å². The van der Waals surface area contributed by atoms with Gasteiger partial charge in [0.15, 0.2) is 0 Å². The third-order valence-corrected chi connectivity index (χ3v) is 3.40. The number of rotatable bonds is 8. The summed E-state index contributed by atoms with van der Waals surface area (Å²) in [6, 6.07) is 11.6. The molecule has 0 aliphatic rings. The summed E-state index contributed by atoms with van der Waals surface area (Å²) in [4.78, 5) is 0. The Morgan fingerprint density at radius 2 is 1.79 bits per heavy atom. The fourth-order valence-corrected chi connectivity index (χ4v) is 2.30. The number of hydrogen-bond donors (Lipinski definition) is 0. The van der Waals surface area contributed by atoms with E-state index in [9.17, 15) is 0 Å². The molecule has 0 radical (unpaired) electrons. The Bertz CT molecular complexity index is 451. The van der Waals surface area contributed by atoms with Gasteiger partial charge in [-0.15, -0.1) is 0 Å². The second kappa shape index (κ2) is 7.79. The summed E-state index contributed by atoms with van der Waals surface area (Å²) in [7, 11) is 0. The minimum atomic E-state index is 0.684. The number of hydrogen-bond acceptors (Lipinski definition) is 4. The Kier molecular flexibility index (Phi) is 5.69. The molecule has 0 saturated heterocycles. The lowest BCUT2D eigenvalue weighted by atomic mass is 10.3. The molecule has 4 heteroatoms. The molecule has 0 amide bonds. The average molecular weight is 278 g/mol. The lowest BCUT2D eigenvalue weighted by Crippen LogP contribution is -2.00. The summed E-state index contributed by atoms with van der Waals surface area (Å²) >= 11 is 1.80. The van der Waals surface area contributed by atoms with Crippen LogP contribution < -0.4 is 9.47 Å². The number of benzene rings is 1. The second-order valence-electron chi connectivity index (χ2n) is 3.88. The lowest BCUT2D eigenvalue weighted by molar-refractivity contribution is 0.332. The van der Waals surface area contributed by atoms with Gasteiger partial charge in [0.05, 0.1) is 25.2 Å². The first-order chi connectivity index (χ1) is 9.38. The molecule has 0 saturated carbocycles. The lowest BCUT2D eigenvalue weighted by Gasteiger charge is -2.07. The van der Waals surface area contributed by atoms with E-state index in [0.29, 0.717) is 13.2 Å². The van der Waals surface area contributed by atoms with Crippen molar-refractivity contribution < 1.29 is 13.9 Å². The SMILES string of the molecule is CCOc1ccc(OCCSCc2ccco2)cc1.